The van der Waals surface area contributed by atoms with Gasteiger partial charge in [0.2, 0.25) is 0 Å². The number of methoxy groups -OCH3 is 1. The Balaban J connectivity index is 1.35. The van der Waals surface area contributed by atoms with Crippen molar-refractivity contribution in [3.63, 3.8) is 0 Å². The Morgan fingerprint density at radius 3 is 2.47 bits per heavy atom. The fourth-order valence-electron chi connectivity index (χ4n) is 12.7. The number of primary amides is 1. The summed E-state index contributed by atoms with van der Waals surface area (Å²) in [5, 5.41) is 25.0. The molecule has 2 unspecified atom stereocenters. The summed E-state index contributed by atoms with van der Waals surface area (Å²) in [4.78, 5) is 26.7. The smallest absolute Gasteiger partial charge is 0.283 e. The molecular weight excluding hydrogens is 640 g/mol. The third-order valence-corrected chi connectivity index (χ3v) is 14.8. The fraction of sp³-hybridized carbons (Fsp3) is 0.581. The number of nitrogens with two attached hydrogens (primary N) is 1. The minimum Gasteiger partial charge on any atom is -0.491 e. The molecule has 8 nitrogen and oxygen atoms in total. The Hall–Kier alpha value is -3.46. The SMILES string of the molecule is C=C(C)[C@H]1C(=O)c2c3c(cc4c5c(n1c24)[C@@]1(C)C(CC[C@H]2[C@](C)(/C=C/C=C(\OC)C(N)=O)[C@@H](O)CC[C@@]21C)C5)C1=CC(C)(C)OC(C)(C)C1[C@@H]3O. The number of rotatable bonds is 5. The van der Waals surface area contributed by atoms with Crippen molar-refractivity contribution in [3.8, 4) is 0 Å². The molecular formula is C43H54N2O6. The first-order valence-corrected chi connectivity index (χ1v) is 18.7. The lowest BCUT2D eigenvalue weighted by Crippen LogP contribution is -2.62. The van der Waals surface area contributed by atoms with Crippen LogP contribution in [-0.4, -0.2) is 50.9 Å². The Morgan fingerprint density at radius 2 is 1.82 bits per heavy atom. The number of aliphatic hydroxyl groups is 2. The summed E-state index contributed by atoms with van der Waals surface area (Å²) >= 11 is 0. The second kappa shape index (κ2) is 10.6. The summed E-state index contributed by atoms with van der Waals surface area (Å²) in [7, 11) is 1.42. The van der Waals surface area contributed by atoms with Crippen molar-refractivity contribution in [3.05, 3.63) is 76.2 Å². The molecule has 2 saturated carbocycles. The second-order valence-corrected chi connectivity index (χ2v) is 18.3. The van der Waals surface area contributed by atoms with Gasteiger partial charge in [-0.25, -0.2) is 0 Å². The number of fused-ring (bicyclic) bond motifs is 11. The van der Waals surface area contributed by atoms with E-state index in [9.17, 15) is 19.8 Å². The van der Waals surface area contributed by atoms with Gasteiger partial charge in [-0.3, -0.25) is 9.59 Å². The molecule has 4 N–H and O–H groups in total. The maximum absolute atomic E-state index is 14.9. The predicted molar refractivity (Wildman–Crippen MR) is 198 cm³/mol. The van der Waals surface area contributed by atoms with Crippen molar-refractivity contribution >= 4 is 28.2 Å². The Bertz CT molecular complexity index is 2050. The van der Waals surface area contributed by atoms with Crippen LogP contribution >= 0.6 is 0 Å². The lowest BCUT2D eigenvalue weighted by molar-refractivity contribution is -0.144. The molecule has 3 heterocycles. The summed E-state index contributed by atoms with van der Waals surface area (Å²) in [6.07, 6.45) is 10.6. The van der Waals surface area contributed by atoms with E-state index in [4.69, 9.17) is 15.2 Å². The highest BCUT2D eigenvalue weighted by molar-refractivity contribution is 6.18. The zero-order valence-corrected chi connectivity index (χ0v) is 31.6. The Kier molecular flexibility index (Phi) is 7.18. The van der Waals surface area contributed by atoms with Gasteiger partial charge in [0.1, 0.15) is 6.04 Å². The van der Waals surface area contributed by atoms with Crippen molar-refractivity contribution in [1.82, 2.24) is 4.57 Å². The predicted octanol–water partition coefficient (Wildman–Crippen LogP) is 7.17. The molecule has 1 aromatic heterocycles. The fourth-order valence-corrected chi connectivity index (χ4v) is 12.7. The van der Waals surface area contributed by atoms with Crippen LogP contribution in [0.15, 0.2) is 48.3 Å². The first-order chi connectivity index (χ1) is 23.7. The molecule has 4 aliphatic carbocycles. The molecule has 0 saturated heterocycles. The van der Waals surface area contributed by atoms with Crippen LogP contribution in [0.1, 0.15) is 126 Å². The van der Waals surface area contributed by atoms with E-state index >= 15 is 0 Å². The number of aliphatic hydroxyl groups excluding tert-OH is 2. The molecule has 9 atom stereocenters. The quantitative estimate of drug-likeness (QED) is 0.132. The van der Waals surface area contributed by atoms with Crippen LogP contribution in [0.5, 0.6) is 0 Å². The number of ether oxygens (including phenoxy) is 2. The van der Waals surface area contributed by atoms with Crippen LogP contribution in [0.25, 0.3) is 16.5 Å². The topological polar surface area (TPSA) is 124 Å². The lowest BCUT2D eigenvalue weighted by Gasteiger charge is -2.64. The molecule has 272 valence electrons. The number of carbonyl (C=O) groups excluding carboxylic acids is 2. The molecule has 0 bridgehead atoms. The number of allylic oxidation sites excluding steroid dienone is 3. The van der Waals surface area contributed by atoms with Crippen molar-refractivity contribution in [2.45, 2.75) is 122 Å². The van der Waals surface area contributed by atoms with Gasteiger partial charge in [-0.05, 0) is 119 Å². The van der Waals surface area contributed by atoms with Crippen molar-refractivity contribution < 1.29 is 29.3 Å². The van der Waals surface area contributed by atoms with Crippen LogP contribution in [0.3, 0.4) is 0 Å². The van der Waals surface area contributed by atoms with Gasteiger partial charge >= 0.3 is 0 Å². The van der Waals surface area contributed by atoms with E-state index in [0.29, 0.717) is 17.9 Å². The van der Waals surface area contributed by atoms with E-state index in [1.54, 1.807) is 6.08 Å². The summed E-state index contributed by atoms with van der Waals surface area (Å²) in [5.74, 6) is -0.336. The highest BCUT2D eigenvalue weighted by Crippen LogP contribution is 2.71. The van der Waals surface area contributed by atoms with E-state index in [1.807, 2.05) is 26.8 Å². The minimum atomic E-state index is -0.864. The first-order valence-electron chi connectivity index (χ1n) is 18.7. The number of hydrogen-bond donors (Lipinski definition) is 3. The average molecular weight is 695 g/mol. The van der Waals surface area contributed by atoms with Crippen LogP contribution in [0.4, 0.5) is 0 Å². The molecule has 1 amide bonds. The van der Waals surface area contributed by atoms with E-state index in [0.717, 1.165) is 58.9 Å². The van der Waals surface area contributed by atoms with Gasteiger partial charge in [0.25, 0.3) is 5.91 Å². The Labute approximate surface area is 301 Å². The summed E-state index contributed by atoms with van der Waals surface area (Å²) in [6.45, 7) is 21.6. The second-order valence-electron chi connectivity index (χ2n) is 18.3. The maximum Gasteiger partial charge on any atom is 0.283 e. The number of hydrogen-bond acceptors (Lipinski definition) is 6. The van der Waals surface area contributed by atoms with Crippen LogP contribution in [0, 0.1) is 28.6 Å². The zero-order chi connectivity index (χ0) is 37.0. The van der Waals surface area contributed by atoms with E-state index in [-0.39, 0.29) is 34.2 Å². The van der Waals surface area contributed by atoms with Gasteiger partial charge in [-0.2, -0.15) is 0 Å². The van der Waals surface area contributed by atoms with Gasteiger partial charge in [0.05, 0.1) is 41.6 Å². The van der Waals surface area contributed by atoms with Crippen molar-refractivity contribution in [2.24, 2.45) is 34.3 Å². The first kappa shape index (κ1) is 34.6. The number of carbonyl (C=O) groups is 2. The number of amides is 1. The largest absolute Gasteiger partial charge is 0.491 e. The number of benzene rings is 1. The molecule has 1 aromatic carbocycles. The molecule has 6 aliphatic rings. The van der Waals surface area contributed by atoms with Gasteiger partial charge in [0, 0.05) is 33.4 Å². The maximum atomic E-state index is 14.9. The average Bonchev–Trinajstić information content (AvgIpc) is 3.70. The van der Waals surface area contributed by atoms with Crippen molar-refractivity contribution in [1.29, 1.82) is 0 Å². The molecule has 51 heavy (non-hydrogen) atoms. The summed E-state index contributed by atoms with van der Waals surface area (Å²) < 4.78 is 14.1. The normalized spacial score (nSPS) is 38.6. The molecule has 2 aromatic rings. The summed E-state index contributed by atoms with van der Waals surface area (Å²) in [6, 6.07) is 1.74. The van der Waals surface area contributed by atoms with Crippen LogP contribution in [0.2, 0.25) is 0 Å². The Morgan fingerprint density at radius 1 is 1.12 bits per heavy atom. The standard InChI is InChI=1S/C43H54N2O6/c1-21(2)33-36(48)31-30-23(26-20-39(3,4)51-40(5,6)32(26)35(30)47)19-24-25-18-22-13-14-28-41(7,16-11-12-27(50-10)38(44)49)29(46)15-17-42(28,8)43(22,9)37(25)45(33)34(24)31/h11-12,16,19-20,22,28-29,32-33,35,46-47H,1,13-15,17-18H2,2-10H3,(H2,44,49)/b16-11+,27-12-/t22?,28-,29-,32?,33-,35+,41-,42-,43+/m0/s1. The third kappa shape index (κ3) is 4.18. The van der Waals surface area contributed by atoms with Gasteiger partial charge in [-0.15, -0.1) is 0 Å². The number of nitrogens with zero attached hydrogens (tertiary/aromatic N) is 1. The summed E-state index contributed by atoms with van der Waals surface area (Å²) in [5.41, 5.74) is 11.0. The van der Waals surface area contributed by atoms with E-state index in [2.05, 4.69) is 64.0 Å². The van der Waals surface area contributed by atoms with Gasteiger partial charge < -0.3 is 30.0 Å². The van der Waals surface area contributed by atoms with Crippen molar-refractivity contribution in [2.75, 3.05) is 7.11 Å². The lowest BCUT2D eigenvalue weighted by atomic mass is 9.40. The monoisotopic (exact) mass is 694 g/mol. The molecule has 0 spiro atoms. The number of aromatic nitrogens is 1. The number of Topliss-reactive ketones (excluding diaryl/α,β-unsaturated/α-hetero) is 1. The van der Waals surface area contributed by atoms with Crippen LogP contribution in [-0.2, 0) is 26.1 Å². The van der Waals surface area contributed by atoms with E-state index in [1.165, 1.54) is 18.4 Å². The molecule has 2 fully saturated rings. The van der Waals surface area contributed by atoms with Gasteiger partial charge in [-0.1, -0.05) is 45.1 Å². The van der Waals surface area contributed by atoms with E-state index < -0.39 is 40.8 Å². The van der Waals surface area contributed by atoms with Crippen LogP contribution < -0.4 is 5.73 Å². The molecule has 0 radical (unpaired) electrons. The zero-order valence-electron chi connectivity index (χ0n) is 31.6. The molecule has 2 aliphatic heterocycles. The van der Waals surface area contributed by atoms with Gasteiger partial charge in [0.15, 0.2) is 11.5 Å². The molecule has 8 rings (SSSR count). The molecule has 8 heteroatoms. The third-order valence-electron chi connectivity index (χ3n) is 14.8. The minimum absolute atomic E-state index is 0.0185. The number of ketones is 1. The highest BCUT2D eigenvalue weighted by atomic mass is 16.5. The highest BCUT2D eigenvalue weighted by Gasteiger charge is 2.67.